The topological polar surface area (TPSA) is 75.4 Å². The van der Waals surface area contributed by atoms with E-state index in [-0.39, 0.29) is 23.3 Å². The number of carbonyl (C=O) groups is 2. The van der Waals surface area contributed by atoms with Crippen molar-refractivity contribution in [3.63, 3.8) is 0 Å². The Labute approximate surface area is 139 Å². The maximum Gasteiger partial charge on any atom is 0.322 e. The van der Waals surface area contributed by atoms with Gasteiger partial charge in [-0.3, -0.25) is 4.79 Å². The van der Waals surface area contributed by atoms with Crippen molar-refractivity contribution in [2.24, 2.45) is 11.7 Å². The Bertz CT molecular complexity index is 779. The van der Waals surface area contributed by atoms with Crippen molar-refractivity contribution >= 4 is 17.6 Å². The smallest absolute Gasteiger partial charge is 0.322 e. The van der Waals surface area contributed by atoms with Gasteiger partial charge in [-0.2, -0.15) is 0 Å². The zero-order valence-corrected chi connectivity index (χ0v) is 13.2. The average molecular weight is 327 g/mol. The van der Waals surface area contributed by atoms with E-state index in [1.807, 2.05) is 30.3 Å². The van der Waals surface area contributed by atoms with Gasteiger partial charge in [0.2, 0.25) is 0 Å². The molecule has 2 aromatic carbocycles. The standard InChI is InChI=1S/C18H18FN3O2/c1-11-10-22(16(11)12-5-3-2-4-6-12)18(24)21-13-7-8-14(17(20)23)15(19)9-13/h2-9,11,16H,10H2,1H3,(H2,20,23)(H,21,24)/t11-,16+/m0/s1. The second kappa shape index (κ2) is 6.31. The molecule has 0 radical (unpaired) electrons. The van der Waals surface area contributed by atoms with Crippen LogP contribution in [0.25, 0.3) is 0 Å². The quantitative estimate of drug-likeness (QED) is 0.908. The zero-order chi connectivity index (χ0) is 17.3. The minimum atomic E-state index is -0.842. The Balaban J connectivity index is 1.73. The summed E-state index contributed by atoms with van der Waals surface area (Å²) in [6.45, 7) is 2.72. The van der Waals surface area contributed by atoms with Crippen molar-refractivity contribution in [3.05, 3.63) is 65.5 Å². The number of primary amides is 1. The molecule has 2 atom stereocenters. The van der Waals surface area contributed by atoms with E-state index in [0.29, 0.717) is 12.5 Å². The summed E-state index contributed by atoms with van der Waals surface area (Å²) in [7, 11) is 0. The van der Waals surface area contributed by atoms with Crippen molar-refractivity contribution < 1.29 is 14.0 Å². The van der Waals surface area contributed by atoms with Gasteiger partial charge in [0.05, 0.1) is 11.6 Å². The summed E-state index contributed by atoms with van der Waals surface area (Å²) in [5, 5.41) is 2.67. The normalized spacial score (nSPS) is 19.5. The van der Waals surface area contributed by atoms with Gasteiger partial charge >= 0.3 is 6.03 Å². The summed E-state index contributed by atoms with van der Waals surface area (Å²) in [6, 6.07) is 13.3. The first-order chi connectivity index (χ1) is 11.5. The number of carbonyl (C=O) groups excluding carboxylic acids is 2. The lowest BCUT2D eigenvalue weighted by molar-refractivity contribution is 0.0671. The Hall–Kier alpha value is -2.89. The number of rotatable bonds is 3. The van der Waals surface area contributed by atoms with E-state index >= 15 is 0 Å². The summed E-state index contributed by atoms with van der Waals surface area (Å²) in [6.07, 6.45) is 0. The van der Waals surface area contributed by atoms with Gasteiger partial charge in [0.15, 0.2) is 0 Å². The molecular formula is C18H18FN3O2. The molecule has 1 heterocycles. The maximum absolute atomic E-state index is 13.8. The lowest BCUT2D eigenvalue weighted by Crippen LogP contribution is -2.53. The van der Waals surface area contributed by atoms with Crippen LogP contribution in [0.5, 0.6) is 0 Å². The van der Waals surface area contributed by atoms with Crippen LogP contribution in [-0.4, -0.2) is 23.4 Å². The van der Waals surface area contributed by atoms with E-state index in [2.05, 4.69) is 12.2 Å². The Kier molecular flexibility index (Phi) is 4.20. The number of urea groups is 1. The first kappa shape index (κ1) is 16.0. The largest absolute Gasteiger partial charge is 0.366 e. The van der Waals surface area contributed by atoms with Crippen molar-refractivity contribution in [1.29, 1.82) is 0 Å². The van der Waals surface area contributed by atoms with E-state index < -0.39 is 11.7 Å². The lowest BCUT2D eigenvalue weighted by atomic mass is 9.85. The van der Waals surface area contributed by atoms with E-state index in [1.165, 1.54) is 12.1 Å². The van der Waals surface area contributed by atoms with Crippen molar-refractivity contribution in [3.8, 4) is 0 Å². The molecular weight excluding hydrogens is 309 g/mol. The van der Waals surface area contributed by atoms with Crippen LogP contribution in [0.4, 0.5) is 14.9 Å². The molecule has 124 valence electrons. The molecule has 0 bridgehead atoms. The first-order valence-electron chi connectivity index (χ1n) is 7.69. The summed E-state index contributed by atoms with van der Waals surface area (Å²) >= 11 is 0. The summed E-state index contributed by atoms with van der Waals surface area (Å²) in [5.74, 6) is -1.24. The molecule has 2 aromatic rings. The molecule has 3 N–H and O–H groups in total. The summed E-state index contributed by atoms with van der Waals surface area (Å²) in [4.78, 5) is 25.2. The van der Waals surface area contributed by atoms with Crippen LogP contribution in [0.15, 0.2) is 48.5 Å². The van der Waals surface area contributed by atoms with E-state index in [0.717, 1.165) is 11.6 Å². The predicted molar refractivity (Wildman–Crippen MR) is 89.0 cm³/mol. The predicted octanol–water partition coefficient (Wildman–Crippen LogP) is 3.15. The van der Waals surface area contributed by atoms with Crippen LogP contribution in [-0.2, 0) is 0 Å². The van der Waals surface area contributed by atoms with Gasteiger partial charge in [0, 0.05) is 12.2 Å². The number of nitrogens with zero attached hydrogens (tertiary/aromatic N) is 1. The van der Waals surface area contributed by atoms with E-state index in [9.17, 15) is 14.0 Å². The van der Waals surface area contributed by atoms with E-state index in [1.54, 1.807) is 4.90 Å². The number of nitrogens with one attached hydrogen (secondary N) is 1. The SMILES string of the molecule is C[C@H]1CN(C(=O)Nc2ccc(C(N)=O)c(F)c2)[C@H]1c1ccccc1. The van der Waals surface area contributed by atoms with Crippen molar-refractivity contribution in [2.45, 2.75) is 13.0 Å². The molecule has 1 saturated heterocycles. The van der Waals surface area contributed by atoms with Gasteiger partial charge in [0.25, 0.3) is 5.91 Å². The van der Waals surface area contributed by atoms with Gasteiger partial charge < -0.3 is 16.0 Å². The number of anilines is 1. The van der Waals surface area contributed by atoms with Crippen molar-refractivity contribution in [1.82, 2.24) is 4.90 Å². The van der Waals surface area contributed by atoms with Gasteiger partial charge in [-0.25, -0.2) is 9.18 Å². The average Bonchev–Trinajstić information content (AvgIpc) is 2.53. The van der Waals surface area contributed by atoms with E-state index in [4.69, 9.17) is 5.73 Å². The molecule has 6 heteroatoms. The monoisotopic (exact) mass is 327 g/mol. The second-order valence-electron chi connectivity index (χ2n) is 5.97. The highest BCUT2D eigenvalue weighted by molar-refractivity contribution is 5.95. The fourth-order valence-corrected chi connectivity index (χ4v) is 3.05. The van der Waals surface area contributed by atoms with Gasteiger partial charge in [-0.05, 0) is 29.7 Å². The zero-order valence-electron chi connectivity index (χ0n) is 13.2. The summed E-state index contributed by atoms with van der Waals surface area (Å²) in [5.41, 5.74) is 6.22. The summed E-state index contributed by atoms with van der Waals surface area (Å²) < 4.78 is 13.8. The molecule has 1 fully saturated rings. The highest BCUT2D eigenvalue weighted by atomic mass is 19.1. The number of benzene rings is 2. The van der Waals surface area contributed by atoms with Gasteiger partial charge in [-0.1, -0.05) is 37.3 Å². The number of hydrogen-bond acceptors (Lipinski definition) is 2. The second-order valence-corrected chi connectivity index (χ2v) is 5.97. The van der Waals surface area contributed by atoms with Gasteiger partial charge in [-0.15, -0.1) is 0 Å². The van der Waals surface area contributed by atoms with Crippen LogP contribution in [0.1, 0.15) is 28.9 Å². The van der Waals surface area contributed by atoms with Gasteiger partial charge in [0.1, 0.15) is 5.82 Å². The Morgan fingerprint density at radius 1 is 1.21 bits per heavy atom. The highest BCUT2D eigenvalue weighted by Gasteiger charge is 2.39. The molecule has 0 saturated carbocycles. The third-order valence-corrected chi connectivity index (χ3v) is 4.25. The molecule has 1 aliphatic rings. The minimum Gasteiger partial charge on any atom is -0.366 e. The fraction of sp³-hybridized carbons (Fsp3) is 0.222. The van der Waals surface area contributed by atoms with Crippen LogP contribution >= 0.6 is 0 Å². The minimum absolute atomic E-state index is 0.000870. The molecule has 24 heavy (non-hydrogen) atoms. The third-order valence-electron chi connectivity index (χ3n) is 4.25. The van der Waals surface area contributed by atoms with Crippen LogP contribution < -0.4 is 11.1 Å². The molecule has 0 aromatic heterocycles. The van der Waals surface area contributed by atoms with Crippen LogP contribution in [0, 0.1) is 11.7 Å². The Morgan fingerprint density at radius 2 is 1.92 bits per heavy atom. The molecule has 3 amide bonds. The lowest BCUT2D eigenvalue weighted by Gasteiger charge is -2.46. The molecule has 0 aliphatic carbocycles. The Morgan fingerprint density at radius 3 is 2.50 bits per heavy atom. The third kappa shape index (κ3) is 2.95. The number of halogens is 1. The number of hydrogen-bond donors (Lipinski definition) is 2. The molecule has 5 nitrogen and oxygen atoms in total. The van der Waals surface area contributed by atoms with Crippen LogP contribution in [0.3, 0.4) is 0 Å². The maximum atomic E-state index is 13.8. The fourth-order valence-electron chi connectivity index (χ4n) is 3.05. The van der Waals surface area contributed by atoms with Crippen molar-refractivity contribution in [2.75, 3.05) is 11.9 Å². The number of amides is 3. The number of likely N-dealkylation sites (tertiary alicyclic amines) is 1. The molecule has 0 unspecified atom stereocenters. The molecule has 1 aliphatic heterocycles. The highest BCUT2D eigenvalue weighted by Crippen LogP contribution is 2.38. The first-order valence-corrected chi connectivity index (χ1v) is 7.69. The molecule has 3 rings (SSSR count). The molecule has 0 spiro atoms. The number of nitrogens with two attached hydrogens (primary N) is 1. The van der Waals surface area contributed by atoms with Crippen LogP contribution in [0.2, 0.25) is 0 Å².